The van der Waals surface area contributed by atoms with Crippen LogP contribution in [-0.2, 0) is 0 Å². The highest BCUT2D eigenvalue weighted by atomic mass is 35.5. The van der Waals surface area contributed by atoms with Gasteiger partial charge in [-0.1, -0.05) is 11.6 Å². The van der Waals surface area contributed by atoms with Crippen molar-refractivity contribution in [3.63, 3.8) is 0 Å². The van der Waals surface area contributed by atoms with E-state index in [1.807, 2.05) is 18.2 Å². The Balaban J connectivity index is 0.00000144. The highest BCUT2D eigenvalue weighted by molar-refractivity contribution is 6.31. The fraction of sp³-hybridized carbons (Fsp3) is 0.500. The quantitative estimate of drug-likeness (QED) is 0.826. The third kappa shape index (κ3) is 4.09. The standard InChI is InChI=1S/C12H18ClN3.2ClH/c13-10-1-2-12(11(15)7-10)16-5-3-9(8-14)4-6-16;;/h1-2,7,9H,3-6,8,14-15H2;2*1H. The van der Waals surface area contributed by atoms with Crippen LogP contribution in [0.25, 0.3) is 0 Å². The van der Waals surface area contributed by atoms with Gasteiger partial charge in [0.05, 0.1) is 11.4 Å². The molecule has 1 fully saturated rings. The maximum absolute atomic E-state index is 5.97. The van der Waals surface area contributed by atoms with Gasteiger partial charge < -0.3 is 16.4 Å². The smallest absolute Gasteiger partial charge is 0.0600 e. The molecule has 2 rings (SSSR count). The van der Waals surface area contributed by atoms with Crippen LogP contribution in [0.1, 0.15) is 12.8 Å². The van der Waals surface area contributed by atoms with Gasteiger partial charge >= 0.3 is 0 Å². The summed E-state index contributed by atoms with van der Waals surface area (Å²) in [6.45, 7) is 2.87. The van der Waals surface area contributed by atoms with E-state index >= 15 is 0 Å². The maximum atomic E-state index is 5.97. The molecule has 18 heavy (non-hydrogen) atoms. The first-order valence-electron chi connectivity index (χ1n) is 5.70. The molecule has 0 saturated carbocycles. The number of nitrogens with two attached hydrogens (primary N) is 2. The SMILES string of the molecule is Cl.Cl.NCC1CCN(c2ccc(Cl)cc2N)CC1. The molecule has 0 aromatic heterocycles. The Bertz CT molecular complexity index is 366. The first kappa shape index (κ1) is 17.6. The Hall–Kier alpha value is -0.350. The summed E-state index contributed by atoms with van der Waals surface area (Å²) in [5.41, 5.74) is 13.5. The zero-order valence-corrected chi connectivity index (χ0v) is 12.5. The van der Waals surface area contributed by atoms with E-state index in [1.165, 1.54) is 0 Å². The average Bonchev–Trinajstić information content (AvgIpc) is 2.29. The number of benzene rings is 1. The molecular weight excluding hydrogens is 293 g/mol. The number of hydrogen-bond acceptors (Lipinski definition) is 3. The van der Waals surface area contributed by atoms with E-state index in [4.69, 9.17) is 23.1 Å². The monoisotopic (exact) mass is 311 g/mol. The highest BCUT2D eigenvalue weighted by Crippen LogP contribution is 2.29. The summed E-state index contributed by atoms with van der Waals surface area (Å²) >= 11 is 5.89. The van der Waals surface area contributed by atoms with E-state index in [-0.39, 0.29) is 24.8 Å². The lowest BCUT2D eigenvalue weighted by Crippen LogP contribution is -2.36. The molecule has 104 valence electrons. The summed E-state index contributed by atoms with van der Waals surface area (Å²) in [4.78, 5) is 2.32. The molecule has 0 bridgehead atoms. The van der Waals surface area contributed by atoms with Crippen molar-refractivity contribution in [3.05, 3.63) is 23.2 Å². The minimum Gasteiger partial charge on any atom is -0.397 e. The van der Waals surface area contributed by atoms with Crippen LogP contribution >= 0.6 is 36.4 Å². The van der Waals surface area contributed by atoms with Gasteiger partial charge in [0.2, 0.25) is 0 Å². The van der Waals surface area contributed by atoms with Gasteiger partial charge in [0.1, 0.15) is 0 Å². The fourth-order valence-electron chi connectivity index (χ4n) is 2.22. The zero-order chi connectivity index (χ0) is 11.5. The van der Waals surface area contributed by atoms with Crippen molar-refractivity contribution in [2.45, 2.75) is 12.8 Å². The summed E-state index contributed by atoms with van der Waals surface area (Å²) in [6, 6.07) is 5.70. The lowest BCUT2D eigenvalue weighted by molar-refractivity contribution is 0.415. The van der Waals surface area contributed by atoms with Crippen molar-refractivity contribution in [1.82, 2.24) is 0 Å². The molecule has 1 aliphatic rings. The van der Waals surface area contributed by atoms with Gasteiger partial charge in [0.25, 0.3) is 0 Å². The average molecular weight is 313 g/mol. The number of piperidine rings is 1. The first-order chi connectivity index (χ1) is 7.70. The Morgan fingerprint density at radius 3 is 2.33 bits per heavy atom. The summed E-state index contributed by atoms with van der Waals surface area (Å²) in [6.07, 6.45) is 2.30. The number of halogens is 3. The molecule has 4 N–H and O–H groups in total. The van der Waals surface area contributed by atoms with E-state index in [9.17, 15) is 0 Å². The third-order valence-corrected chi connectivity index (χ3v) is 3.51. The van der Waals surface area contributed by atoms with Crippen LogP contribution < -0.4 is 16.4 Å². The van der Waals surface area contributed by atoms with Gasteiger partial charge in [0, 0.05) is 18.1 Å². The molecule has 0 radical (unpaired) electrons. The van der Waals surface area contributed by atoms with Crippen LogP contribution in [0.2, 0.25) is 5.02 Å². The Morgan fingerprint density at radius 2 is 1.83 bits per heavy atom. The van der Waals surface area contributed by atoms with Crippen molar-refractivity contribution < 1.29 is 0 Å². The van der Waals surface area contributed by atoms with E-state index in [0.29, 0.717) is 10.9 Å². The largest absolute Gasteiger partial charge is 0.397 e. The van der Waals surface area contributed by atoms with Crippen LogP contribution in [-0.4, -0.2) is 19.6 Å². The van der Waals surface area contributed by atoms with Gasteiger partial charge in [-0.15, -0.1) is 24.8 Å². The number of nitrogens with zero attached hydrogens (tertiary/aromatic N) is 1. The Labute approximate surface area is 126 Å². The van der Waals surface area contributed by atoms with Crippen molar-refractivity contribution in [2.24, 2.45) is 11.7 Å². The van der Waals surface area contributed by atoms with E-state index < -0.39 is 0 Å². The summed E-state index contributed by atoms with van der Waals surface area (Å²) < 4.78 is 0. The van der Waals surface area contributed by atoms with Crippen molar-refractivity contribution in [2.75, 3.05) is 30.3 Å². The van der Waals surface area contributed by atoms with Crippen LogP contribution in [0.4, 0.5) is 11.4 Å². The number of hydrogen-bond donors (Lipinski definition) is 2. The molecule has 0 aliphatic carbocycles. The van der Waals surface area contributed by atoms with Crippen molar-refractivity contribution >= 4 is 47.8 Å². The molecule has 1 heterocycles. The molecule has 0 amide bonds. The molecule has 0 unspecified atom stereocenters. The zero-order valence-electron chi connectivity index (χ0n) is 10.1. The fourth-order valence-corrected chi connectivity index (χ4v) is 2.40. The number of nitrogen functional groups attached to an aromatic ring is 1. The molecule has 0 spiro atoms. The second-order valence-electron chi connectivity index (χ2n) is 4.37. The normalized spacial score (nSPS) is 15.8. The summed E-state index contributed by atoms with van der Waals surface area (Å²) in [5.74, 6) is 0.671. The van der Waals surface area contributed by atoms with Gasteiger partial charge in [0.15, 0.2) is 0 Å². The second kappa shape index (κ2) is 7.95. The summed E-state index contributed by atoms with van der Waals surface area (Å²) in [7, 11) is 0. The van der Waals surface area contributed by atoms with Crippen molar-refractivity contribution in [1.29, 1.82) is 0 Å². The molecular formula is C12H20Cl3N3. The number of rotatable bonds is 2. The third-order valence-electron chi connectivity index (χ3n) is 3.28. The van der Waals surface area contributed by atoms with Gasteiger partial charge in [-0.25, -0.2) is 0 Å². The Kier molecular flexibility index (Phi) is 7.79. The van der Waals surface area contributed by atoms with E-state index in [0.717, 1.165) is 43.9 Å². The maximum Gasteiger partial charge on any atom is 0.0600 e. The minimum absolute atomic E-state index is 0. The van der Waals surface area contributed by atoms with E-state index in [2.05, 4.69) is 4.90 Å². The van der Waals surface area contributed by atoms with Crippen molar-refractivity contribution in [3.8, 4) is 0 Å². The molecule has 3 nitrogen and oxygen atoms in total. The molecule has 1 aromatic carbocycles. The Morgan fingerprint density at radius 1 is 1.22 bits per heavy atom. The van der Waals surface area contributed by atoms with E-state index in [1.54, 1.807) is 0 Å². The molecule has 1 aromatic rings. The van der Waals surface area contributed by atoms with Crippen LogP contribution in [0.5, 0.6) is 0 Å². The molecule has 1 aliphatic heterocycles. The lowest BCUT2D eigenvalue weighted by Gasteiger charge is -2.33. The predicted octanol–water partition coefficient (Wildman–Crippen LogP) is 2.94. The topological polar surface area (TPSA) is 55.3 Å². The molecule has 0 atom stereocenters. The number of anilines is 2. The highest BCUT2D eigenvalue weighted by Gasteiger charge is 2.19. The first-order valence-corrected chi connectivity index (χ1v) is 6.08. The van der Waals surface area contributed by atoms with Crippen LogP contribution in [0.3, 0.4) is 0 Å². The van der Waals surface area contributed by atoms with Gasteiger partial charge in [-0.3, -0.25) is 0 Å². The van der Waals surface area contributed by atoms with Crippen LogP contribution in [0.15, 0.2) is 18.2 Å². The second-order valence-corrected chi connectivity index (χ2v) is 4.81. The minimum atomic E-state index is 0. The van der Waals surface area contributed by atoms with Crippen LogP contribution in [0, 0.1) is 5.92 Å². The van der Waals surface area contributed by atoms with Gasteiger partial charge in [-0.05, 0) is 43.5 Å². The molecule has 6 heteroatoms. The molecule has 1 saturated heterocycles. The predicted molar refractivity (Wildman–Crippen MR) is 84.4 cm³/mol. The summed E-state index contributed by atoms with van der Waals surface area (Å²) in [5, 5.41) is 0.693. The lowest BCUT2D eigenvalue weighted by atomic mass is 9.96. The van der Waals surface area contributed by atoms with Gasteiger partial charge in [-0.2, -0.15) is 0 Å².